The Morgan fingerprint density at radius 2 is 1.78 bits per heavy atom. The number of hydrogen-bond acceptors (Lipinski definition) is 7. The van der Waals surface area contributed by atoms with Crippen molar-refractivity contribution in [1.29, 1.82) is 0 Å². The molecule has 1 unspecified atom stereocenters. The van der Waals surface area contributed by atoms with Gasteiger partial charge in [0.1, 0.15) is 12.7 Å². The van der Waals surface area contributed by atoms with Gasteiger partial charge in [0.2, 0.25) is 0 Å². The predicted octanol–water partition coefficient (Wildman–Crippen LogP) is 1.57. The summed E-state index contributed by atoms with van der Waals surface area (Å²) in [6.07, 6.45) is 0.720. The van der Waals surface area contributed by atoms with E-state index in [4.69, 9.17) is 9.47 Å². The first-order valence-electron chi connectivity index (χ1n) is 11.4. The molecule has 3 heterocycles. The van der Waals surface area contributed by atoms with Gasteiger partial charge in [0, 0.05) is 39.3 Å². The van der Waals surface area contributed by atoms with Crippen molar-refractivity contribution in [3.05, 3.63) is 23.8 Å². The number of aliphatic hydroxyl groups is 1. The largest absolute Gasteiger partial charge is 0.493 e. The van der Waals surface area contributed by atoms with Crippen molar-refractivity contribution < 1.29 is 14.6 Å². The lowest BCUT2D eigenvalue weighted by molar-refractivity contribution is 0.0725. The smallest absolute Gasteiger partial charge is 0.161 e. The summed E-state index contributed by atoms with van der Waals surface area (Å²) < 4.78 is 11.5. The van der Waals surface area contributed by atoms with Crippen LogP contribution in [0.3, 0.4) is 0 Å². The normalized spacial score (nSPS) is 25.3. The van der Waals surface area contributed by atoms with Crippen molar-refractivity contribution in [2.45, 2.75) is 19.1 Å². The highest BCUT2D eigenvalue weighted by Gasteiger charge is 2.36. The molecule has 4 rings (SSSR count). The van der Waals surface area contributed by atoms with E-state index in [-0.39, 0.29) is 31.4 Å². The van der Waals surface area contributed by atoms with Gasteiger partial charge in [-0.3, -0.25) is 9.80 Å². The summed E-state index contributed by atoms with van der Waals surface area (Å²) >= 11 is 0. The lowest BCUT2D eigenvalue weighted by atomic mass is 10.0. The second-order valence-electron chi connectivity index (χ2n) is 9.28. The SMILES string of the molecule is COc1cc(CN2CCCN(C)CC2)ccc1OCC(O)CN1C[C@H]2CNC[C@H]2C1.Cl.Cl. The molecule has 1 aromatic rings. The Morgan fingerprint density at radius 1 is 1.03 bits per heavy atom. The molecule has 3 aliphatic heterocycles. The van der Waals surface area contributed by atoms with E-state index in [2.05, 4.69) is 39.2 Å². The van der Waals surface area contributed by atoms with E-state index in [1.54, 1.807) is 7.11 Å². The molecular formula is C23H40Cl2N4O3. The molecule has 1 aromatic carbocycles. The van der Waals surface area contributed by atoms with Crippen LogP contribution in [0.25, 0.3) is 0 Å². The number of fused-ring (bicyclic) bond motifs is 1. The first kappa shape index (κ1) is 27.4. The number of likely N-dealkylation sites (N-methyl/N-ethyl adjacent to an activating group) is 1. The highest BCUT2D eigenvalue weighted by molar-refractivity contribution is 5.85. The molecule has 0 saturated carbocycles. The number of rotatable bonds is 8. The van der Waals surface area contributed by atoms with E-state index in [0.717, 1.165) is 69.9 Å². The lowest BCUT2D eigenvalue weighted by Crippen LogP contribution is -2.36. The van der Waals surface area contributed by atoms with Crippen molar-refractivity contribution >= 4 is 24.8 Å². The van der Waals surface area contributed by atoms with Gasteiger partial charge in [-0.05, 0) is 69.2 Å². The monoisotopic (exact) mass is 490 g/mol. The minimum absolute atomic E-state index is 0. The number of ether oxygens (including phenoxy) is 2. The molecule has 0 aliphatic carbocycles. The number of benzene rings is 1. The molecule has 0 spiro atoms. The second-order valence-corrected chi connectivity index (χ2v) is 9.28. The quantitative estimate of drug-likeness (QED) is 0.573. The summed E-state index contributed by atoms with van der Waals surface area (Å²) in [6.45, 7) is 10.8. The van der Waals surface area contributed by atoms with E-state index >= 15 is 0 Å². The predicted molar refractivity (Wildman–Crippen MR) is 133 cm³/mol. The summed E-state index contributed by atoms with van der Waals surface area (Å²) in [5.74, 6) is 2.94. The van der Waals surface area contributed by atoms with Crippen LogP contribution in [-0.4, -0.2) is 106 Å². The van der Waals surface area contributed by atoms with Crippen molar-refractivity contribution in [3.8, 4) is 11.5 Å². The molecule has 0 amide bonds. The van der Waals surface area contributed by atoms with Gasteiger partial charge in [-0.15, -0.1) is 24.8 Å². The molecule has 3 saturated heterocycles. The molecule has 3 aliphatic rings. The van der Waals surface area contributed by atoms with E-state index in [0.29, 0.717) is 12.3 Å². The lowest BCUT2D eigenvalue weighted by Gasteiger charge is -2.22. The molecule has 2 N–H and O–H groups in total. The fraction of sp³-hybridized carbons (Fsp3) is 0.739. The van der Waals surface area contributed by atoms with Gasteiger partial charge in [-0.1, -0.05) is 6.07 Å². The average Bonchev–Trinajstić information content (AvgIpc) is 3.26. The number of β-amino-alcohol motifs (C(OH)–C–C–N with tert-alkyl or cyclic N) is 1. The van der Waals surface area contributed by atoms with Crippen LogP contribution in [0, 0.1) is 11.8 Å². The fourth-order valence-corrected chi connectivity index (χ4v) is 5.08. The van der Waals surface area contributed by atoms with Crippen LogP contribution in [-0.2, 0) is 6.54 Å². The van der Waals surface area contributed by atoms with Crippen LogP contribution in [0.4, 0.5) is 0 Å². The number of likely N-dealkylation sites (tertiary alicyclic amines) is 1. The maximum Gasteiger partial charge on any atom is 0.161 e. The van der Waals surface area contributed by atoms with Gasteiger partial charge in [-0.2, -0.15) is 0 Å². The molecule has 0 aromatic heterocycles. The van der Waals surface area contributed by atoms with E-state index in [1.807, 2.05) is 6.07 Å². The number of nitrogens with one attached hydrogen (secondary N) is 1. The van der Waals surface area contributed by atoms with Crippen LogP contribution in [0.15, 0.2) is 18.2 Å². The zero-order valence-corrected chi connectivity index (χ0v) is 21.0. The summed E-state index contributed by atoms with van der Waals surface area (Å²) in [4.78, 5) is 7.28. The molecule has 3 fully saturated rings. The van der Waals surface area contributed by atoms with Crippen molar-refractivity contribution in [3.63, 3.8) is 0 Å². The van der Waals surface area contributed by atoms with Crippen LogP contribution in [0.1, 0.15) is 12.0 Å². The molecule has 9 heteroatoms. The third kappa shape index (κ3) is 7.35. The molecule has 7 nitrogen and oxygen atoms in total. The molecular weight excluding hydrogens is 451 g/mol. The summed E-state index contributed by atoms with van der Waals surface area (Å²) in [5.41, 5.74) is 1.24. The van der Waals surface area contributed by atoms with Crippen molar-refractivity contribution in [2.75, 3.05) is 79.7 Å². The van der Waals surface area contributed by atoms with E-state index in [1.165, 1.54) is 18.5 Å². The van der Waals surface area contributed by atoms with Crippen LogP contribution < -0.4 is 14.8 Å². The molecule has 0 bridgehead atoms. The zero-order valence-electron chi connectivity index (χ0n) is 19.4. The third-order valence-electron chi connectivity index (χ3n) is 6.81. The number of aliphatic hydroxyl groups excluding tert-OH is 1. The maximum atomic E-state index is 10.5. The van der Waals surface area contributed by atoms with E-state index < -0.39 is 6.10 Å². The first-order valence-corrected chi connectivity index (χ1v) is 11.4. The molecule has 32 heavy (non-hydrogen) atoms. The zero-order chi connectivity index (χ0) is 20.9. The van der Waals surface area contributed by atoms with Gasteiger partial charge in [0.05, 0.1) is 7.11 Å². The average molecular weight is 492 g/mol. The fourth-order valence-electron chi connectivity index (χ4n) is 5.08. The van der Waals surface area contributed by atoms with Crippen molar-refractivity contribution in [1.82, 2.24) is 20.0 Å². The van der Waals surface area contributed by atoms with Crippen molar-refractivity contribution in [2.24, 2.45) is 11.8 Å². The Hall–Kier alpha value is -0.800. The Kier molecular flexibility index (Phi) is 11.3. The van der Waals surface area contributed by atoms with Gasteiger partial charge in [0.25, 0.3) is 0 Å². The topological polar surface area (TPSA) is 60.4 Å². The van der Waals surface area contributed by atoms with Gasteiger partial charge in [0.15, 0.2) is 11.5 Å². The molecule has 3 atom stereocenters. The highest BCUT2D eigenvalue weighted by Crippen LogP contribution is 2.29. The Labute approximate surface area is 205 Å². The summed E-state index contributed by atoms with van der Waals surface area (Å²) in [7, 11) is 3.88. The third-order valence-corrected chi connectivity index (χ3v) is 6.81. The Balaban J connectivity index is 0.00000181. The number of halogens is 2. The Bertz CT molecular complexity index is 687. The number of nitrogens with zero attached hydrogens (tertiary/aromatic N) is 3. The second kappa shape index (κ2) is 13.2. The molecule has 0 radical (unpaired) electrons. The molecule has 184 valence electrons. The first-order chi connectivity index (χ1) is 14.6. The van der Waals surface area contributed by atoms with Crippen LogP contribution >= 0.6 is 24.8 Å². The van der Waals surface area contributed by atoms with Gasteiger partial charge >= 0.3 is 0 Å². The van der Waals surface area contributed by atoms with Gasteiger partial charge < -0.3 is 24.8 Å². The summed E-state index contributed by atoms with van der Waals surface area (Å²) in [6, 6.07) is 6.18. The highest BCUT2D eigenvalue weighted by atomic mass is 35.5. The summed E-state index contributed by atoms with van der Waals surface area (Å²) in [5, 5.41) is 13.9. The van der Waals surface area contributed by atoms with E-state index in [9.17, 15) is 5.11 Å². The number of methoxy groups -OCH3 is 1. The number of hydrogen-bond donors (Lipinski definition) is 2. The van der Waals surface area contributed by atoms with Gasteiger partial charge in [-0.25, -0.2) is 0 Å². The van der Waals surface area contributed by atoms with Crippen LogP contribution in [0.5, 0.6) is 11.5 Å². The minimum Gasteiger partial charge on any atom is -0.493 e. The minimum atomic E-state index is -0.491. The van der Waals surface area contributed by atoms with Crippen LogP contribution in [0.2, 0.25) is 0 Å². The standard InChI is InChI=1S/C23H38N4O3.2ClH/c1-25-6-3-7-26(9-8-25)13-18-4-5-22(23(10-18)29-2)30-17-21(28)16-27-14-19-11-24-12-20(19)15-27;;/h4-5,10,19-21,24,28H,3,6-9,11-17H2,1-2H3;2*1H/t19-,20+,21?;;. The maximum absolute atomic E-state index is 10.5. The Morgan fingerprint density at radius 3 is 2.50 bits per heavy atom.